The molecule has 122 valence electrons. The van der Waals surface area contributed by atoms with Crippen LogP contribution in [-0.4, -0.2) is 27.3 Å². The average Bonchev–Trinajstić information content (AvgIpc) is 2.61. The van der Waals surface area contributed by atoms with Gasteiger partial charge in [-0.05, 0) is 42.0 Å². The van der Waals surface area contributed by atoms with Gasteiger partial charge in [0.2, 0.25) is 0 Å². The van der Waals surface area contributed by atoms with Crippen LogP contribution in [0.4, 0.5) is 5.69 Å². The fourth-order valence-electron chi connectivity index (χ4n) is 2.23. The van der Waals surface area contributed by atoms with Gasteiger partial charge in [-0.3, -0.25) is 4.79 Å². The van der Waals surface area contributed by atoms with Crippen molar-refractivity contribution in [2.24, 2.45) is 0 Å². The highest BCUT2D eigenvalue weighted by Gasteiger charge is 2.16. The Kier molecular flexibility index (Phi) is 5.86. The van der Waals surface area contributed by atoms with E-state index in [9.17, 15) is 4.79 Å². The van der Waals surface area contributed by atoms with Gasteiger partial charge in [-0.15, -0.1) is 0 Å². The van der Waals surface area contributed by atoms with E-state index in [0.29, 0.717) is 0 Å². The van der Waals surface area contributed by atoms with E-state index in [-0.39, 0.29) is 18.4 Å². The number of ether oxygens (including phenoxy) is 3. The van der Waals surface area contributed by atoms with E-state index in [1.54, 1.807) is 14.2 Å². The van der Waals surface area contributed by atoms with Crippen molar-refractivity contribution in [3.8, 4) is 11.5 Å². The maximum Gasteiger partial charge on any atom is 0.307 e. The number of carbonyl (C=O) groups is 1. The minimum atomic E-state index is -0.271. The van der Waals surface area contributed by atoms with Gasteiger partial charge in [0.1, 0.15) is 11.5 Å². The summed E-state index contributed by atoms with van der Waals surface area (Å²) >= 11 is 0. The Bertz CT molecular complexity index is 622. The summed E-state index contributed by atoms with van der Waals surface area (Å²) in [5.41, 5.74) is 1.88. The third-order valence-electron chi connectivity index (χ3n) is 3.55. The van der Waals surface area contributed by atoms with E-state index in [0.717, 1.165) is 22.7 Å². The van der Waals surface area contributed by atoms with Crippen molar-refractivity contribution >= 4 is 11.7 Å². The summed E-state index contributed by atoms with van der Waals surface area (Å²) in [5, 5.41) is 3.35. The highest BCUT2D eigenvalue weighted by molar-refractivity contribution is 5.71. The second-order valence-corrected chi connectivity index (χ2v) is 4.98. The minimum Gasteiger partial charge on any atom is -0.497 e. The van der Waals surface area contributed by atoms with E-state index in [4.69, 9.17) is 14.2 Å². The van der Waals surface area contributed by atoms with Crippen molar-refractivity contribution in [3.63, 3.8) is 0 Å². The quantitative estimate of drug-likeness (QED) is 0.793. The molecule has 0 saturated heterocycles. The molecule has 1 atom stereocenters. The first-order chi connectivity index (χ1) is 11.2. The van der Waals surface area contributed by atoms with E-state index in [2.05, 4.69) is 5.32 Å². The van der Waals surface area contributed by atoms with E-state index < -0.39 is 0 Å². The van der Waals surface area contributed by atoms with Crippen molar-refractivity contribution < 1.29 is 19.0 Å². The summed E-state index contributed by atoms with van der Waals surface area (Å²) in [6, 6.07) is 15.0. The molecule has 0 amide bonds. The van der Waals surface area contributed by atoms with Crippen molar-refractivity contribution in [2.75, 3.05) is 26.6 Å². The lowest BCUT2D eigenvalue weighted by molar-refractivity contribution is -0.140. The highest BCUT2D eigenvalue weighted by atomic mass is 16.5. The molecular formula is C18H21NO4. The molecule has 0 saturated carbocycles. The van der Waals surface area contributed by atoms with E-state index >= 15 is 0 Å². The molecule has 0 fully saturated rings. The first-order valence-electron chi connectivity index (χ1n) is 7.27. The summed E-state index contributed by atoms with van der Waals surface area (Å²) in [7, 11) is 4.64. The van der Waals surface area contributed by atoms with Crippen LogP contribution in [0.25, 0.3) is 0 Å². The smallest absolute Gasteiger partial charge is 0.307 e. The number of benzene rings is 2. The lowest BCUT2D eigenvalue weighted by atomic mass is 10.0. The summed E-state index contributed by atoms with van der Waals surface area (Å²) in [6.07, 6.45) is 0.231. The Labute approximate surface area is 136 Å². The Morgan fingerprint density at radius 1 is 0.913 bits per heavy atom. The molecule has 0 spiro atoms. The van der Waals surface area contributed by atoms with Gasteiger partial charge >= 0.3 is 5.97 Å². The van der Waals surface area contributed by atoms with Crippen LogP contribution in [0.3, 0.4) is 0 Å². The highest BCUT2D eigenvalue weighted by Crippen LogP contribution is 2.26. The summed E-state index contributed by atoms with van der Waals surface area (Å²) < 4.78 is 15.1. The SMILES string of the molecule is COC(=O)C[C@H](Nc1ccc(OC)cc1)c1ccc(OC)cc1. The lowest BCUT2D eigenvalue weighted by Gasteiger charge is -2.20. The number of carbonyl (C=O) groups excluding carboxylic acids is 1. The van der Waals surface area contributed by atoms with Crippen LogP contribution in [0, 0.1) is 0 Å². The first kappa shape index (κ1) is 16.7. The summed E-state index contributed by atoms with van der Waals surface area (Å²) in [6.45, 7) is 0. The standard InChI is InChI=1S/C18H21NO4/c1-21-15-8-4-13(5-9-15)17(12-18(20)23-3)19-14-6-10-16(22-2)11-7-14/h4-11,17,19H,12H2,1-3H3/t17-/m0/s1. The molecule has 2 aromatic carbocycles. The number of hydrogen-bond acceptors (Lipinski definition) is 5. The molecule has 23 heavy (non-hydrogen) atoms. The van der Waals surface area contributed by atoms with E-state index in [1.165, 1.54) is 7.11 Å². The predicted molar refractivity (Wildman–Crippen MR) is 89.0 cm³/mol. The van der Waals surface area contributed by atoms with Crippen LogP contribution in [0.15, 0.2) is 48.5 Å². The number of nitrogens with one attached hydrogen (secondary N) is 1. The van der Waals surface area contributed by atoms with Gasteiger partial charge < -0.3 is 19.5 Å². The molecule has 0 aliphatic carbocycles. The fraction of sp³-hybridized carbons (Fsp3) is 0.278. The van der Waals surface area contributed by atoms with Crippen LogP contribution in [0.1, 0.15) is 18.0 Å². The molecule has 0 unspecified atom stereocenters. The van der Waals surface area contributed by atoms with Crippen LogP contribution >= 0.6 is 0 Å². The van der Waals surface area contributed by atoms with Crippen molar-refractivity contribution in [1.82, 2.24) is 0 Å². The molecule has 0 aliphatic rings. The van der Waals surface area contributed by atoms with Gasteiger partial charge in [-0.2, -0.15) is 0 Å². The van der Waals surface area contributed by atoms with Gasteiger partial charge in [-0.25, -0.2) is 0 Å². The number of esters is 1. The molecule has 5 nitrogen and oxygen atoms in total. The lowest BCUT2D eigenvalue weighted by Crippen LogP contribution is -2.16. The van der Waals surface area contributed by atoms with Crippen molar-refractivity contribution in [1.29, 1.82) is 0 Å². The van der Waals surface area contributed by atoms with Crippen LogP contribution < -0.4 is 14.8 Å². The van der Waals surface area contributed by atoms with Crippen LogP contribution in [0.2, 0.25) is 0 Å². The molecule has 1 N–H and O–H groups in total. The van der Waals surface area contributed by atoms with Gasteiger partial charge in [0.15, 0.2) is 0 Å². The van der Waals surface area contributed by atoms with Crippen molar-refractivity contribution in [3.05, 3.63) is 54.1 Å². The Morgan fingerprint density at radius 3 is 1.91 bits per heavy atom. The predicted octanol–water partition coefficient (Wildman–Crippen LogP) is 3.42. The maximum absolute atomic E-state index is 11.7. The molecule has 2 rings (SSSR count). The number of rotatable bonds is 7. The maximum atomic E-state index is 11.7. The number of anilines is 1. The van der Waals surface area contributed by atoms with E-state index in [1.807, 2.05) is 48.5 Å². The zero-order valence-corrected chi connectivity index (χ0v) is 13.5. The largest absolute Gasteiger partial charge is 0.497 e. The van der Waals surface area contributed by atoms with Gasteiger partial charge in [0.05, 0.1) is 33.8 Å². The summed E-state index contributed by atoms with van der Waals surface area (Å²) in [4.78, 5) is 11.7. The second-order valence-electron chi connectivity index (χ2n) is 4.98. The Hall–Kier alpha value is -2.69. The molecule has 0 bridgehead atoms. The fourth-order valence-corrected chi connectivity index (χ4v) is 2.23. The molecular weight excluding hydrogens is 294 g/mol. The first-order valence-corrected chi connectivity index (χ1v) is 7.27. The van der Waals surface area contributed by atoms with Crippen molar-refractivity contribution in [2.45, 2.75) is 12.5 Å². The molecule has 5 heteroatoms. The topological polar surface area (TPSA) is 56.8 Å². The Morgan fingerprint density at radius 2 is 1.43 bits per heavy atom. The second kappa shape index (κ2) is 8.08. The van der Waals surface area contributed by atoms with Crippen LogP contribution in [0.5, 0.6) is 11.5 Å². The molecule has 0 heterocycles. The zero-order chi connectivity index (χ0) is 16.7. The third-order valence-corrected chi connectivity index (χ3v) is 3.55. The molecule has 0 radical (unpaired) electrons. The third kappa shape index (κ3) is 4.64. The van der Waals surface area contributed by atoms with Gasteiger partial charge in [-0.1, -0.05) is 12.1 Å². The van der Waals surface area contributed by atoms with Gasteiger partial charge in [0.25, 0.3) is 0 Å². The monoisotopic (exact) mass is 315 g/mol. The molecule has 0 aliphatic heterocycles. The van der Waals surface area contributed by atoms with Gasteiger partial charge in [0, 0.05) is 5.69 Å². The Balaban J connectivity index is 2.19. The summed E-state index contributed by atoms with van der Waals surface area (Å²) in [5.74, 6) is 1.28. The zero-order valence-electron chi connectivity index (χ0n) is 13.5. The average molecular weight is 315 g/mol. The normalized spacial score (nSPS) is 11.4. The molecule has 0 aromatic heterocycles. The number of hydrogen-bond donors (Lipinski definition) is 1. The minimum absolute atomic E-state index is 0.193. The number of methoxy groups -OCH3 is 3. The van der Waals surface area contributed by atoms with Crippen LogP contribution in [-0.2, 0) is 9.53 Å². The molecule has 2 aromatic rings.